The van der Waals surface area contributed by atoms with E-state index in [1.54, 1.807) is 0 Å². The number of carbonyl (C=O) groups excluding carboxylic acids is 2. The molecule has 0 aromatic heterocycles. The van der Waals surface area contributed by atoms with Crippen molar-refractivity contribution in [3.63, 3.8) is 0 Å². The quantitative estimate of drug-likeness (QED) is 0.296. The molecule has 0 atom stereocenters. The van der Waals surface area contributed by atoms with Gasteiger partial charge in [-0.25, -0.2) is 0 Å². The predicted molar refractivity (Wildman–Crippen MR) is 204 cm³/mol. The van der Waals surface area contributed by atoms with Crippen molar-refractivity contribution in [1.82, 2.24) is 0 Å². The summed E-state index contributed by atoms with van der Waals surface area (Å²) < 4.78 is 0. The van der Waals surface area contributed by atoms with Gasteiger partial charge in [0.1, 0.15) is 0 Å². The van der Waals surface area contributed by atoms with Crippen LogP contribution >= 0.6 is 0 Å². The van der Waals surface area contributed by atoms with Crippen molar-refractivity contribution >= 4 is 23.2 Å². The summed E-state index contributed by atoms with van der Waals surface area (Å²) in [6.45, 7) is 0. The summed E-state index contributed by atoms with van der Waals surface area (Å²) in [4.78, 5) is 37.0. The number of anilines is 2. The van der Waals surface area contributed by atoms with Gasteiger partial charge in [0.15, 0.2) is 0 Å². The van der Waals surface area contributed by atoms with Crippen LogP contribution in [0.2, 0.25) is 0 Å². The second-order valence-corrected chi connectivity index (χ2v) is 23.5. The summed E-state index contributed by atoms with van der Waals surface area (Å²) in [5, 5.41) is 0. The first kappa shape index (κ1) is 31.4. The van der Waals surface area contributed by atoms with E-state index in [1.165, 1.54) is 127 Å². The molecule has 4 heteroatoms. The van der Waals surface area contributed by atoms with Crippen LogP contribution in [-0.4, -0.2) is 22.9 Å². The van der Waals surface area contributed by atoms with Crippen LogP contribution < -0.4 is 9.80 Å². The Labute approximate surface area is 313 Å². The predicted octanol–water partition coefficient (Wildman–Crippen LogP) is 10.7. The molecule has 0 aliphatic heterocycles. The van der Waals surface area contributed by atoms with Crippen LogP contribution in [-0.2, 0) is 9.59 Å². The summed E-state index contributed by atoms with van der Waals surface area (Å²) in [7, 11) is 0. The van der Waals surface area contributed by atoms with Crippen LogP contribution in [0.5, 0.6) is 0 Å². The minimum Gasteiger partial charge on any atom is -0.306 e. The Kier molecular flexibility index (Phi) is 6.34. The minimum atomic E-state index is -0.150. The Morgan fingerprint density at radius 2 is 0.615 bits per heavy atom. The minimum absolute atomic E-state index is 0.0246. The largest absolute Gasteiger partial charge is 0.306 e. The Morgan fingerprint density at radius 3 is 0.865 bits per heavy atom. The number of benzene rings is 1. The molecule has 0 radical (unpaired) electrons. The zero-order valence-corrected chi connectivity index (χ0v) is 31.9. The van der Waals surface area contributed by atoms with Gasteiger partial charge >= 0.3 is 0 Å². The summed E-state index contributed by atoms with van der Waals surface area (Å²) in [6.07, 6.45) is 30.8. The molecular formula is C48H64N2O2. The van der Waals surface area contributed by atoms with Crippen LogP contribution in [0.1, 0.15) is 154 Å². The molecule has 52 heavy (non-hydrogen) atoms. The van der Waals surface area contributed by atoms with Crippen molar-refractivity contribution in [1.29, 1.82) is 0 Å². The average molecular weight is 701 g/mol. The van der Waals surface area contributed by atoms with E-state index in [9.17, 15) is 0 Å². The first-order valence-electron chi connectivity index (χ1n) is 23.0. The molecule has 2 amide bonds. The van der Waals surface area contributed by atoms with E-state index >= 15 is 9.59 Å². The Bertz CT molecular complexity index is 1440. The smallest absolute Gasteiger partial charge is 0.233 e. The second kappa shape index (κ2) is 10.5. The fourth-order valence-corrected chi connectivity index (χ4v) is 19.9. The zero-order chi connectivity index (χ0) is 34.2. The number of hydrogen-bond acceptors (Lipinski definition) is 2. The van der Waals surface area contributed by atoms with Gasteiger partial charge in [-0.1, -0.05) is 6.07 Å². The molecule has 16 bridgehead atoms. The van der Waals surface area contributed by atoms with Gasteiger partial charge in [-0.05, 0) is 243 Å². The van der Waals surface area contributed by atoms with Crippen LogP contribution in [0.3, 0.4) is 0 Å². The molecule has 0 N–H and O–H groups in total. The van der Waals surface area contributed by atoms with Gasteiger partial charge < -0.3 is 9.80 Å². The molecule has 17 rings (SSSR count). The lowest BCUT2D eigenvalue weighted by Crippen LogP contribution is -2.66. The van der Waals surface area contributed by atoms with Gasteiger partial charge in [0, 0.05) is 22.5 Å². The summed E-state index contributed by atoms with van der Waals surface area (Å²) in [5.74, 6) is 10.4. The second-order valence-electron chi connectivity index (χ2n) is 23.5. The molecule has 0 spiro atoms. The van der Waals surface area contributed by atoms with Gasteiger partial charge in [-0.3, -0.25) is 9.59 Å². The lowest BCUT2D eigenvalue weighted by atomic mass is 9.48. The van der Waals surface area contributed by atoms with E-state index in [0.29, 0.717) is 11.8 Å². The molecule has 0 saturated heterocycles. The first-order valence-corrected chi connectivity index (χ1v) is 23.0. The van der Waals surface area contributed by atoms with Crippen LogP contribution in [0.4, 0.5) is 11.4 Å². The third-order valence-electron chi connectivity index (χ3n) is 19.7. The fraction of sp³-hybridized carbons (Fsp3) is 0.833. The molecule has 1 aromatic carbocycles. The highest BCUT2D eigenvalue weighted by molar-refractivity contribution is 6.02. The van der Waals surface area contributed by atoms with Crippen molar-refractivity contribution < 1.29 is 9.59 Å². The van der Waals surface area contributed by atoms with Gasteiger partial charge in [0.05, 0.1) is 10.8 Å². The summed E-state index contributed by atoms with van der Waals surface area (Å²) in [6, 6.07) is 9.45. The lowest BCUT2D eigenvalue weighted by Gasteiger charge is -2.64. The van der Waals surface area contributed by atoms with Gasteiger partial charge in [0.2, 0.25) is 11.8 Å². The van der Waals surface area contributed by atoms with E-state index in [0.717, 1.165) is 110 Å². The Morgan fingerprint density at radius 1 is 0.385 bits per heavy atom. The van der Waals surface area contributed by atoms with Crippen LogP contribution in [0.15, 0.2) is 24.3 Å². The van der Waals surface area contributed by atoms with Crippen LogP contribution in [0.25, 0.3) is 0 Å². The van der Waals surface area contributed by atoms with E-state index < -0.39 is 0 Å². The van der Waals surface area contributed by atoms with Crippen molar-refractivity contribution in [2.75, 3.05) is 9.80 Å². The van der Waals surface area contributed by atoms with E-state index in [4.69, 9.17) is 0 Å². The van der Waals surface area contributed by atoms with E-state index in [-0.39, 0.29) is 21.9 Å². The number of nitrogens with zero attached hydrogens (tertiary/aromatic N) is 2. The molecule has 16 aliphatic rings. The van der Waals surface area contributed by atoms with Crippen molar-refractivity contribution in [2.45, 2.75) is 165 Å². The maximum absolute atomic E-state index is 15.9. The first-order chi connectivity index (χ1) is 25.2. The number of amides is 2. The third kappa shape index (κ3) is 4.39. The molecule has 278 valence electrons. The maximum Gasteiger partial charge on any atom is 0.233 e. The van der Waals surface area contributed by atoms with Crippen molar-refractivity contribution in [3.8, 4) is 0 Å². The fourth-order valence-electron chi connectivity index (χ4n) is 19.9. The Balaban J connectivity index is 0.946. The highest BCUT2D eigenvalue weighted by Gasteiger charge is 2.63. The molecule has 0 heterocycles. The molecular weight excluding hydrogens is 637 g/mol. The summed E-state index contributed by atoms with van der Waals surface area (Å²) in [5.41, 5.74) is 2.00. The zero-order valence-electron chi connectivity index (χ0n) is 31.9. The van der Waals surface area contributed by atoms with Gasteiger partial charge in [-0.2, -0.15) is 0 Å². The van der Waals surface area contributed by atoms with Crippen molar-refractivity contribution in [3.05, 3.63) is 24.3 Å². The number of hydrogen-bond donors (Lipinski definition) is 0. The number of rotatable bonds is 6. The SMILES string of the molecule is O=C(N(c1cccc(N(C(=O)C23CC4CC(CC(C4)C2)C3)C23CC4CC(CC(C4)C2)C3)c1)C12CC3CC(CC(C3)C1)C2)C12CC3CC(CC(C3)C1)C2. The Hall–Kier alpha value is -1.84. The topological polar surface area (TPSA) is 40.6 Å². The van der Waals surface area contributed by atoms with Gasteiger partial charge in [0.25, 0.3) is 0 Å². The molecule has 4 nitrogen and oxygen atoms in total. The normalized spacial score (nSPS) is 53.5. The molecule has 16 fully saturated rings. The van der Waals surface area contributed by atoms with E-state index in [1.807, 2.05) is 0 Å². The highest BCUT2D eigenvalue weighted by atomic mass is 16.2. The lowest BCUT2D eigenvalue weighted by molar-refractivity contribution is -0.147. The summed E-state index contributed by atoms with van der Waals surface area (Å²) >= 11 is 0. The average Bonchev–Trinajstić information content (AvgIpc) is 3.06. The molecule has 1 aromatic rings. The molecule has 0 unspecified atom stereocenters. The molecule has 16 aliphatic carbocycles. The maximum atomic E-state index is 15.9. The van der Waals surface area contributed by atoms with Crippen molar-refractivity contribution in [2.24, 2.45) is 81.8 Å². The van der Waals surface area contributed by atoms with E-state index in [2.05, 4.69) is 34.1 Å². The monoisotopic (exact) mass is 700 g/mol. The van der Waals surface area contributed by atoms with Crippen LogP contribution in [0, 0.1) is 81.8 Å². The standard InChI is InChI=1S/C48H64N2O2/c51-43(45-17-29-4-30(18-45)6-31(5-29)19-45)49(47-23-35-10-36(24-47)12-37(11-35)25-47)41-2-1-3-42(16-41)50(48-26-38-13-39(27-48)15-40(14-38)28-48)44(52)46-20-32-7-33(21-46)9-34(8-32)22-46/h1-3,16,29-40H,4-15,17-28H2. The van der Waals surface area contributed by atoms with Gasteiger partial charge in [-0.15, -0.1) is 0 Å². The molecule has 16 saturated carbocycles. The number of carbonyl (C=O) groups is 2. The third-order valence-corrected chi connectivity index (χ3v) is 19.7. The highest BCUT2D eigenvalue weighted by Crippen LogP contribution is 2.66.